The third-order valence-corrected chi connectivity index (χ3v) is 3.82. The van der Waals surface area contributed by atoms with E-state index >= 15 is 0 Å². The van der Waals surface area contributed by atoms with Crippen LogP contribution in [0.5, 0.6) is 0 Å². The van der Waals surface area contributed by atoms with Crippen LogP contribution >= 0.6 is 34.2 Å². The van der Waals surface area contributed by atoms with Gasteiger partial charge in [-0.2, -0.15) is 0 Å². The molecule has 0 radical (unpaired) electrons. The zero-order valence-corrected chi connectivity index (χ0v) is 12.1. The van der Waals surface area contributed by atoms with Crippen molar-refractivity contribution in [1.82, 2.24) is 5.32 Å². The van der Waals surface area contributed by atoms with Crippen molar-refractivity contribution in [2.75, 3.05) is 5.32 Å². The fraction of sp³-hybridized carbons (Fsp3) is 0.273. The molecule has 3 N–H and O–H groups in total. The Balaban J connectivity index is 2.02. The number of anilines is 1. The van der Waals surface area contributed by atoms with Crippen molar-refractivity contribution in [3.05, 3.63) is 26.8 Å². The lowest BCUT2D eigenvalue weighted by atomic mass is 10.3. The van der Waals surface area contributed by atoms with Gasteiger partial charge in [-0.15, -0.1) is 0 Å². The van der Waals surface area contributed by atoms with Gasteiger partial charge in [-0.1, -0.05) is 11.6 Å². The van der Waals surface area contributed by atoms with Gasteiger partial charge < -0.3 is 15.7 Å². The fourth-order valence-electron chi connectivity index (χ4n) is 1.48. The van der Waals surface area contributed by atoms with Crippen molar-refractivity contribution >= 4 is 51.9 Å². The molecule has 0 saturated heterocycles. The highest BCUT2D eigenvalue weighted by Crippen LogP contribution is 2.35. The van der Waals surface area contributed by atoms with Gasteiger partial charge in [-0.3, -0.25) is 0 Å². The van der Waals surface area contributed by atoms with Crippen LogP contribution in [0.4, 0.5) is 10.5 Å². The summed E-state index contributed by atoms with van der Waals surface area (Å²) < 4.78 is 0.787. The predicted molar refractivity (Wildman–Crippen MR) is 75.9 cm³/mol. The van der Waals surface area contributed by atoms with Crippen molar-refractivity contribution in [1.29, 1.82) is 0 Å². The molecule has 0 spiro atoms. The molecule has 2 amide bonds. The number of urea groups is 1. The number of carboxylic acid groups (broad SMARTS) is 1. The first-order valence-electron chi connectivity index (χ1n) is 5.20. The van der Waals surface area contributed by atoms with E-state index in [1.165, 1.54) is 0 Å². The van der Waals surface area contributed by atoms with Crippen LogP contribution in [0.1, 0.15) is 12.8 Å². The van der Waals surface area contributed by atoms with Gasteiger partial charge in [0.25, 0.3) is 0 Å². The van der Waals surface area contributed by atoms with E-state index in [-0.39, 0.29) is 0 Å². The minimum atomic E-state index is -1.08. The lowest BCUT2D eigenvalue weighted by molar-refractivity contribution is -0.140. The summed E-state index contributed by atoms with van der Waals surface area (Å²) in [6, 6.07) is 4.52. The van der Waals surface area contributed by atoms with Crippen LogP contribution in [-0.4, -0.2) is 22.6 Å². The molecule has 1 aliphatic carbocycles. The molecule has 0 atom stereocenters. The number of halogens is 2. The van der Waals surface area contributed by atoms with Crippen LogP contribution in [0.2, 0.25) is 5.02 Å². The molecule has 1 aliphatic rings. The van der Waals surface area contributed by atoms with E-state index in [0.29, 0.717) is 23.6 Å². The quantitative estimate of drug-likeness (QED) is 0.706. The van der Waals surface area contributed by atoms with E-state index in [1.54, 1.807) is 18.2 Å². The van der Waals surface area contributed by atoms with E-state index in [1.807, 2.05) is 22.6 Å². The molecule has 96 valence electrons. The van der Waals surface area contributed by atoms with Gasteiger partial charge in [0, 0.05) is 8.59 Å². The van der Waals surface area contributed by atoms with E-state index in [4.69, 9.17) is 16.7 Å². The smallest absolute Gasteiger partial charge is 0.329 e. The van der Waals surface area contributed by atoms with Gasteiger partial charge in [0.2, 0.25) is 0 Å². The standard InChI is InChI=1S/C11H10ClIN2O3/c12-6-1-2-8(7(13)5-6)14-10(18)15-11(3-4-11)9(16)17/h1-2,5H,3-4H2,(H,16,17)(H2,14,15,18). The second kappa shape index (κ2) is 4.93. The Labute approximate surface area is 122 Å². The van der Waals surface area contributed by atoms with Crippen LogP contribution in [0.15, 0.2) is 18.2 Å². The summed E-state index contributed by atoms with van der Waals surface area (Å²) in [6.07, 6.45) is 0.931. The Morgan fingerprint density at radius 2 is 2.06 bits per heavy atom. The Kier molecular flexibility index (Phi) is 3.67. The molecule has 1 aromatic carbocycles. The molecule has 5 nitrogen and oxygen atoms in total. The van der Waals surface area contributed by atoms with Crippen LogP contribution in [0, 0.1) is 3.57 Å². The number of carboxylic acids is 1. The first-order chi connectivity index (χ1) is 8.43. The number of carbonyl (C=O) groups is 2. The zero-order valence-electron chi connectivity index (χ0n) is 9.17. The Hall–Kier alpha value is -1.02. The predicted octanol–water partition coefficient (Wildman–Crippen LogP) is 2.68. The Bertz CT molecular complexity index is 517. The summed E-state index contributed by atoms with van der Waals surface area (Å²) >= 11 is 7.84. The zero-order chi connectivity index (χ0) is 13.3. The number of carbonyl (C=O) groups excluding carboxylic acids is 1. The number of amides is 2. The van der Waals surface area contributed by atoms with Crippen LogP contribution in [0.3, 0.4) is 0 Å². The number of nitrogens with one attached hydrogen (secondary N) is 2. The average molecular weight is 381 g/mol. The maximum atomic E-state index is 11.7. The number of hydrogen-bond donors (Lipinski definition) is 3. The molecule has 0 heterocycles. The molecule has 7 heteroatoms. The molecule has 1 aromatic rings. The number of aliphatic carboxylic acids is 1. The Morgan fingerprint density at radius 3 is 2.56 bits per heavy atom. The second-order valence-corrected chi connectivity index (χ2v) is 5.69. The molecule has 0 aliphatic heterocycles. The van der Waals surface area contributed by atoms with Gasteiger partial charge in [-0.05, 0) is 53.6 Å². The van der Waals surface area contributed by atoms with E-state index in [0.717, 1.165) is 3.57 Å². The molecular weight excluding hydrogens is 370 g/mol. The molecule has 0 bridgehead atoms. The maximum Gasteiger partial charge on any atom is 0.329 e. The summed E-state index contributed by atoms with van der Waals surface area (Å²) in [5, 5.41) is 14.6. The van der Waals surface area contributed by atoms with E-state index in [9.17, 15) is 9.59 Å². The van der Waals surface area contributed by atoms with E-state index in [2.05, 4.69) is 10.6 Å². The van der Waals surface area contributed by atoms with Gasteiger partial charge in [0.15, 0.2) is 0 Å². The first kappa shape index (κ1) is 13.4. The number of hydrogen-bond acceptors (Lipinski definition) is 2. The number of rotatable bonds is 3. The molecular formula is C11H10ClIN2O3. The maximum absolute atomic E-state index is 11.7. The largest absolute Gasteiger partial charge is 0.480 e. The topological polar surface area (TPSA) is 78.4 Å². The molecule has 18 heavy (non-hydrogen) atoms. The summed E-state index contributed by atoms with van der Waals surface area (Å²) in [6.45, 7) is 0. The Morgan fingerprint density at radius 1 is 1.39 bits per heavy atom. The monoisotopic (exact) mass is 380 g/mol. The summed E-state index contributed by atoms with van der Waals surface area (Å²) in [4.78, 5) is 22.6. The SMILES string of the molecule is O=C(Nc1ccc(Cl)cc1I)NC1(C(=O)O)CC1. The van der Waals surface area contributed by atoms with Crippen molar-refractivity contribution in [2.24, 2.45) is 0 Å². The molecule has 1 saturated carbocycles. The van der Waals surface area contributed by atoms with Gasteiger partial charge in [0.05, 0.1) is 5.69 Å². The summed E-state index contributed by atoms with van der Waals surface area (Å²) in [7, 11) is 0. The van der Waals surface area contributed by atoms with E-state index < -0.39 is 17.5 Å². The van der Waals surface area contributed by atoms with Crippen molar-refractivity contribution in [3.8, 4) is 0 Å². The highest BCUT2D eigenvalue weighted by Gasteiger charge is 2.51. The lowest BCUT2D eigenvalue weighted by Crippen LogP contribution is -2.45. The third kappa shape index (κ3) is 2.86. The van der Waals surface area contributed by atoms with Gasteiger partial charge in [0.1, 0.15) is 5.54 Å². The second-order valence-electron chi connectivity index (χ2n) is 4.09. The van der Waals surface area contributed by atoms with Gasteiger partial charge in [-0.25, -0.2) is 9.59 Å². The molecule has 1 fully saturated rings. The fourth-order valence-corrected chi connectivity index (χ4v) is 2.49. The normalized spacial score (nSPS) is 15.9. The highest BCUT2D eigenvalue weighted by atomic mass is 127. The van der Waals surface area contributed by atoms with Crippen molar-refractivity contribution < 1.29 is 14.7 Å². The minimum Gasteiger partial charge on any atom is -0.480 e. The molecule has 0 unspecified atom stereocenters. The number of benzene rings is 1. The van der Waals surface area contributed by atoms with Crippen molar-refractivity contribution in [2.45, 2.75) is 18.4 Å². The summed E-state index contributed by atoms with van der Waals surface area (Å²) in [5.74, 6) is -0.997. The first-order valence-corrected chi connectivity index (χ1v) is 6.66. The van der Waals surface area contributed by atoms with Crippen LogP contribution < -0.4 is 10.6 Å². The summed E-state index contributed by atoms with van der Waals surface area (Å²) in [5.41, 5.74) is -0.485. The lowest BCUT2D eigenvalue weighted by Gasteiger charge is -2.14. The van der Waals surface area contributed by atoms with Gasteiger partial charge >= 0.3 is 12.0 Å². The third-order valence-electron chi connectivity index (χ3n) is 2.69. The highest BCUT2D eigenvalue weighted by molar-refractivity contribution is 14.1. The van der Waals surface area contributed by atoms with Crippen LogP contribution in [0.25, 0.3) is 0 Å². The average Bonchev–Trinajstić information content (AvgIpc) is 3.03. The minimum absolute atomic E-state index is 0.466. The van der Waals surface area contributed by atoms with Crippen molar-refractivity contribution in [3.63, 3.8) is 0 Å². The molecule has 2 rings (SSSR count). The molecule has 0 aromatic heterocycles. The van der Waals surface area contributed by atoms with Crippen LogP contribution in [-0.2, 0) is 4.79 Å².